The molecule has 1 heterocycles. The van der Waals surface area contributed by atoms with Crippen molar-refractivity contribution in [1.82, 2.24) is 4.90 Å². The van der Waals surface area contributed by atoms with E-state index in [4.69, 9.17) is 4.74 Å². The molecule has 0 amide bonds. The summed E-state index contributed by atoms with van der Waals surface area (Å²) in [7, 11) is 0. The highest BCUT2D eigenvalue weighted by Gasteiger charge is 2.26. The molecule has 92 valence electrons. The molecule has 2 fully saturated rings. The molecule has 1 saturated carbocycles. The summed E-state index contributed by atoms with van der Waals surface area (Å²) >= 11 is 0. The Bertz CT molecular complexity index is 233. The summed E-state index contributed by atoms with van der Waals surface area (Å²) in [5.41, 5.74) is 1.26. The van der Waals surface area contributed by atoms with Crippen LogP contribution >= 0.6 is 0 Å². The molecule has 1 saturated heterocycles. The Hall–Kier alpha value is -0.340. The first-order chi connectivity index (χ1) is 7.74. The van der Waals surface area contributed by atoms with Crippen LogP contribution in [-0.4, -0.2) is 36.7 Å². The smallest absolute Gasteiger partial charge is 0.0718 e. The summed E-state index contributed by atoms with van der Waals surface area (Å²) in [6.07, 6.45) is 8.98. The fourth-order valence-corrected chi connectivity index (χ4v) is 2.91. The predicted molar refractivity (Wildman–Crippen MR) is 67.6 cm³/mol. The van der Waals surface area contributed by atoms with E-state index >= 15 is 0 Å². The number of likely N-dealkylation sites (tertiary alicyclic amines) is 1. The summed E-state index contributed by atoms with van der Waals surface area (Å²) in [6, 6.07) is 0. The highest BCUT2D eigenvalue weighted by atomic mass is 16.5. The molecule has 2 nitrogen and oxygen atoms in total. The van der Waals surface area contributed by atoms with Crippen LogP contribution in [0.4, 0.5) is 0 Å². The molecule has 0 aromatic carbocycles. The van der Waals surface area contributed by atoms with Crippen LogP contribution in [-0.2, 0) is 4.74 Å². The number of hydrogen-bond acceptors (Lipinski definition) is 2. The zero-order valence-corrected chi connectivity index (χ0v) is 10.6. The van der Waals surface area contributed by atoms with E-state index in [1.165, 1.54) is 50.6 Å². The Morgan fingerprint density at radius 3 is 2.62 bits per heavy atom. The van der Waals surface area contributed by atoms with Gasteiger partial charge in [0.2, 0.25) is 0 Å². The molecule has 2 rings (SSSR count). The maximum absolute atomic E-state index is 6.19. The fourth-order valence-electron chi connectivity index (χ4n) is 2.91. The van der Waals surface area contributed by atoms with Crippen LogP contribution in [0.5, 0.6) is 0 Å². The number of ether oxygens (including phenoxy) is 1. The van der Waals surface area contributed by atoms with E-state index in [0.29, 0.717) is 12.2 Å². The first-order valence-corrected chi connectivity index (χ1v) is 6.76. The van der Waals surface area contributed by atoms with Crippen molar-refractivity contribution in [2.45, 2.75) is 57.7 Å². The second-order valence-corrected chi connectivity index (χ2v) is 5.50. The van der Waals surface area contributed by atoms with Gasteiger partial charge in [-0.25, -0.2) is 0 Å². The van der Waals surface area contributed by atoms with Gasteiger partial charge in [-0.2, -0.15) is 0 Å². The molecule has 0 aromatic rings. The molecule has 1 atom stereocenters. The van der Waals surface area contributed by atoms with Gasteiger partial charge in [0.05, 0.1) is 12.2 Å². The molecule has 0 spiro atoms. The third-order valence-corrected chi connectivity index (χ3v) is 3.66. The largest absolute Gasteiger partial charge is 0.374 e. The topological polar surface area (TPSA) is 12.5 Å². The van der Waals surface area contributed by atoms with Gasteiger partial charge in [-0.1, -0.05) is 31.4 Å². The molecule has 1 aliphatic carbocycles. The minimum Gasteiger partial charge on any atom is -0.374 e. The van der Waals surface area contributed by atoms with Gasteiger partial charge in [0, 0.05) is 19.6 Å². The van der Waals surface area contributed by atoms with Crippen LogP contribution < -0.4 is 0 Å². The van der Waals surface area contributed by atoms with E-state index < -0.39 is 0 Å². The van der Waals surface area contributed by atoms with Crippen LogP contribution in [0, 0.1) is 0 Å². The molecular weight excluding hydrogens is 198 g/mol. The van der Waals surface area contributed by atoms with E-state index in [2.05, 4.69) is 18.4 Å². The van der Waals surface area contributed by atoms with E-state index in [9.17, 15) is 0 Å². The quantitative estimate of drug-likeness (QED) is 0.679. The Balaban J connectivity index is 1.69. The van der Waals surface area contributed by atoms with Gasteiger partial charge in [-0.3, -0.25) is 4.90 Å². The van der Waals surface area contributed by atoms with Crippen molar-refractivity contribution in [3.05, 3.63) is 12.2 Å². The van der Waals surface area contributed by atoms with Gasteiger partial charge in [0.15, 0.2) is 0 Å². The summed E-state index contributed by atoms with van der Waals surface area (Å²) in [5, 5.41) is 0. The van der Waals surface area contributed by atoms with Crippen molar-refractivity contribution in [3.63, 3.8) is 0 Å². The summed E-state index contributed by atoms with van der Waals surface area (Å²) in [5.74, 6) is 0. The molecule has 16 heavy (non-hydrogen) atoms. The second-order valence-electron chi connectivity index (χ2n) is 5.50. The molecule has 0 radical (unpaired) electrons. The average Bonchev–Trinajstić information content (AvgIpc) is 2.66. The molecule has 1 unspecified atom stereocenters. The van der Waals surface area contributed by atoms with Crippen molar-refractivity contribution < 1.29 is 4.74 Å². The Morgan fingerprint density at radius 1 is 1.19 bits per heavy atom. The Morgan fingerprint density at radius 2 is 1.94 bits per heavy atom. The Kier molecular flexibility index (Phi) is 4.42. The van der Waals surface area contributed by atoms with Crippen LogP contribution in [0.15, 0.2) is 12.2 Å². The summed E-state index contributed by atoms with van der Waals surface area (Å²) in [6.45, 7) is 9.43. The van der Waals surface area contributed by atoms with Crippen LogP contribution in [0.25, 0.3) is 0 Å². The lowest BCUT2D eigenvalue weighted by Gasteiger charge is -2.25. The van der Waals surface area contributed by atoms with Crippen molar-refractivity contribution in [2.24, 2.45) is 0 Å². The van der Waals surface area contributed by atoms with Gasteiger partial charge in [-0.05, 0) is 26.2 Å². The normalized spacial score (nSPS) is 28.4. The van der Waals surface area contributed by atoms with Gasteiger partial charge < -0.3 is 4.74 Å². The monoisotopic (exact) mass is 223 g/mol. The van der Waals surface area contributed by atoms with Gasteiger partial charge in [-0.15, -0.1) is 0 Å². The second kappa shape index (κ2) is 5.83. The van der Waals surface area contributed by atoms with E-state index in [1.54, 1.807) is 0 Å². The minimum absolute atomic E-state index is 0.488. The molecule has 1 aliphatic heterocycles. The van der Waals surface area contributed by atoms with E-state index in [0.717, 1.165) is 13.1 Å². The van der Waals surface area contributed by atoms with Crippen molar-refractivity contribution >= 4 is 0 Å². The fraction of sp³-hybridized carbons (Fsp3) is 0.857. The highest BCUT2D eigenvalue weighted by molar-refractivity contribution is 4.94. The summed E-state index contributed by atoms with van der Waals surface area (Å²) < 4.78 is 6.19. The average molecular weight is 223 g/mol. The molecule has 0 aromatic heterocycles. The van der Waals surface area contributed by atoms with Crippen LogP contribution in [0.1, 0.15) is 45.4 Å². The predicted octanol–water partition coefficient (Wildman–Crippen LogP) is 2.99. The SMILES string of the molecule is C=C(C)CN1CCC(OC2CCCCC2)C1. The summed E-state index contributed by atoms with van der Waals surface area (Å²) in [4.78, 5) is 2.47. The van der Waals surface area contributed by atoms with Crippen molar-refractivity contribution in [2.75, 3.05) is 19.6 Å². The van der Waals surface area contributed by atoms with Crippen LogP contribution in [0.2, 0.25) is 0 Å². The number of nitrogens with zero attached hydrogens (tertiary/aromatic N) is 1. The first-order valence-electron chi connectivity index (χ1n) is 6.76. The van der Waals surface area contributed by atoms with Crippen LogP contribution in [0.3, 0.4) is 0 Å². The zero-order chi connectivity index (χ0) is 11.4. The Labute approximate surface area is 99.7 Å². The van der Waals surface area contributed by atoms with E-state index in [1.807, 2.05) is 0 Å². The maximum atomic E-state index is 6.19. The lowest BCUT2D eigenvalue weighted by molar-refractivity contribution is -0.0238. The van der Waals surface area contributed by atoms with Crippen molar-refractivity contribution in [1.29, 1.82) is 0 Å². The number of rotatable bonds is 4. The van der Waals surface area contributed by atoms with Crippen molar-refractivity contribution in [3.8, 4) is 0 Å². The number of hydrogen-bond donors (Lipinski definition) is 0. The van der Waals surface area contributed by atoms with Gasteiger partial charge in [0.1, 0.15) is 0 Å². The first kappa shape index (κ1) is 12.1. The van der Waals surface area contributed by atoms with E-state index in [-0.39, 0.29) is 0 Å². The highest BCUT2D eigenvalue weighted by Crippen LogP contribution is 2.24. The molecule has 0 bridgehead atoms. The molecule has 2 aliphatic rings. The third kappa shape index (κ3) is 3.60. The molecule has 2 heteroatoms. The molecule has 0 N–H and O–H groups in total. The molecular formula is C14H25NO. The minimum atomic E-state index is 0.488. The standard InChI is InChI=1S/C14H25NO/c1-12(2)10-15-9-8-14(11-15)16-13-6-4-3-5-7-13/h13-14H,1,3-11H2,2H3. The van der Waals surface area contributed by atoms with Gasteiger partial charge >= 0.3 is 0 Å². The third-order valence-electron chi connectivity index (χ3n) is 3.66. The maximum Gasteiger partial charge on any atom is 0.0718 e. The lowest BCUT2D eigenvalue weighted by atomic mass is 9.97. The lowest BCUT2D eigenvalue weighted by Crippen LogP contribution is -2.28. The van der Waals surface area contributed by atoms with Gasteiger partial charge in [0.25, 0.3) is 0 Å². The zero-order valence-electron chi connectivity index (χ0n) is 10.6.